The van der Waals surface area contributed by atoms with Crippen LogP contribution in [0, 0.1) is 6.92 Å². The van der Waals surface area contributed by atoms with Crippen LogP contribution in [0.15, 0.2) is 42.6 Å². The molecule has 4 nitrogen and oxygen atoms in total. The Morgan fingerprint density at radius 3 is 2.90 bits per heavy atom. The van der Waals surface area contributed by atoms with Gasteiger partial charge in [0.25, 0.3) is 0 Å². The molecule has 0 spiro atoms. The van der Waals surface area contributed by atoms with Crippen molar-refractivity contribution in [3.05, 3.63) is 53.7 Å². The summed E-state index contributed by atoms with van der Waals surface area (Å²) in [5.74, 6) is 0.911. The van der Waals surface area contributed by atoms with Crippen molar-refractivity contribution >= 4 is 16.6 Å². The Morgan fingerprint density at radius 1 is 1.24 bits per heavy atom. The average Bonchev–Trinajstić information content (AvgIpc) is 2.96. The third-order valence-corrected chi connectivity index (χ3v) is 3.71. The van der Waals surface area contributed by atoms with Crippen molar-refractivity contribution < 1.29 is 4.74 Å². The smallest absolute Gasteiger partial charge is 0.124 e. The first-order valence-corrected chi connectivity index (χ1v) is 7.02. The first-order chi connectivity index (χ1) is 10.2. The van der Waals surface area contributed by atoms with Gasteiger partial charge in [-0.05, 0) is 37.6 Å². The van der Waals surface area contributed by atoms with Crippen molar-refractivity contribution in [1.29, 1.82) is 0 Å². The van der Waals surface area contributed by atoms with E-state index in [0.717, 1.165) is 27.9 Å². The summed E-state index contributed by atoms with van der Waals surface area (Å²) in [6, 6.07) is 12.5. The molecular formula is C17H19N3O. The third kappa shape index (κ3) is 2.57. The number of H-pyrrole nitrogens is 1. The largest absolute Gasteiger partial charge is 0.496 e. The van der Waals surface area contributed by atoms with Crippen LogP contribution in [-0.2, 0) is 0 Å². The number of hydrogen-bond donors (Lipinski definition) is 2. The van der Waals surface area contributed by atoms with Crippen LogP contribution in [0.2, 0.25) is 0 Å². The summed E-state index contributed by atoms with van der Waals surface area (Å²) < 4.78 is 5.50. The summed E-state index contributed by atoms with van der Waals surface area (Å²) in [7, 11) is 1.71. The second kappa shape index (κ2) is 5.48. The number of ether oxygens (including phenoxy) is 1. The lowest BCUT2D eigenvalue weighted by molar-refractivity contribution is 0.407. The predicted molar refractivity (Wildman–Crippen MR) is 85.9 cm³/mol. The van der Waals surface area contributed by atoms with Gasteiger partial charge in [0.2, 0.25) is 0 Å². The molecule has 3 aromatic rings. The molecule has 2 N–H and O–H groups in total. The highest BCUT2D eigenvalue weighted by molar-refractivity contribution is 5.91. The molecule has 108 valence electrons. The molecule has 0 aliphatic heterocycles. The molecular weight excluding hydrogens is 262 g/mol. The van der Waals surface area contributed by atoms with Crippen molar-refractivity contribution in [3.63, 3.8) is 0 Å². The lowest BCUT2D eigenvalue weighted by atomic mass is 10.0. The van der Waals surface area contributed by atoms with E-state index in [-0.39, 0.29) is 6.04 Å². The Labute approximate surface area is 124 Å². The number of rotatable bonds is 4. The number of anilines is 1. The van der Waals surface area contributed by atoms with Gasteiger partial charge in [0.1, 0.15) is 5.75 Å². The van der Waals surface area contributed by atoms with Gasteiger partial charge < -0.3 is 10.1 Å². The minimum absolute atomic E-state index is 0.140. The van der Waals surface area contributed by atoms with E-state index < -0.39 is 0 Å². The molecule has 0 aliphatic carbocycles. The summed E-state index contributed by atoms with van der Waals surface area (Å²) in [5.41, 5.74) is 4.43. The van der Waals surface area contributed by atoms with E-state index in [2.05, 4.69) is 53.6 Å². The SMILES string of the molecule is COc1cc(C)ccc1C(C)Nc1cccc2[nH]ncc12. The van der Waals surface area contributed by atoms with Gasteiger partial charge >= 0.3 is 0 Å². The monoisotopic (exact) mass is 281 g/mol. The summed E-state index contributed by atoms with van der Waals surface area (Å²) >= 11 is 0. The van der Waals surface area contributed by atoms with Crippen LogP contribution in [0.25, 0.3) is 10.9 Å². The van der Waals surface area contributed by atoms with Crippen LogP contribution in [0.3, 0.4) is 0 Å². The van der Waals surface area contributed by atoms with E-state index in [9.17, 15) is 0 Å². The van der Waals surface area contributed by atoms with Crippen LogP contribution >= 0.6 is 0 Å². The molecule has 1 atom stereocenters. The fraction of sp³-hybridized carbons (Fsp3) is 0.235. The first kappa shape index (κ1) is 13.5. The number of aromatic nitrogens is 2. The molecule has 3 rings (SSSR count). The number of aryl methyl sites for hydroxylation is 1. The molecule has 1 heterocycles. The molecule has 0 fully saturated rings. The van der Waals surface area contributed by atoms with Crippen molar-refractivity contribution in [2.45, 2.75) is 19.9 Å². The van der Waals surface area contributed by atoms with Crippen LogP contribution in [0.1, 0.15) is 24.1 Å². The minimum atomic E-state index is 0.140. The van der Waals surface area contributed by atoms with E-state index in [1.165, 1.54) is 5.56 Å². The zero-order valence-corrected chi connectivity index (χ0v) is 12.5. The normalized spacial score (nSPS) is 12.3. The molecule has 0 saturated carbocycles. The Morgan fingerprint density at radius 2 is 2.10 bits per heavy atom. The predicted octanol–water partition coefficient (Wildman–Crippen LogP) is 4.05. The summed E-state index contributed by atoms with van der Waals surface area (Å²) in [6.07, 6.45) is 1.84. The van der Waals surface area contributed by atoms with Crippen molar-refractivity contribution in [3.8, 4) is 5.75 Å². The third-order valence-electron chi connectivity index (χ3n) is 3.71. The molecule has 4 heteroatoms. The van der Waals surface area contributed by atoms with Gasteiger partial charge in [0.05, 0.1) is 24.9 Å². The number of methoxy groups -OCH3 is 1. The number of nitrogens with one attached hydrogen (secondary N) is 2. The Hall–Kier alpha value is -2.49. The zero-order chi connectivity index (χ0) is 14.8. The Bertz CT molecular complexity index is 764. The van der Waals surface area contributed by atoms with Crippen molar-refractivity contribution in [1.82, 2.24) is 10.2 Å². The fourth-order valence-electron chi connectivity index (χ4n) is 2.58. The Kier molecular flexibility index (Phi) is 3.52. The van der Waals surface area contributed by atoms with E-state index in [1.54, 1.807) is 7.11 Å². The number of aromatic amines is 1. The average molecular weight is 281 g/mol. The molecule has 0 aliphatic rings. The molecule has 0 saturated heterocycles. The highest BCUT2D eigenvalue weighted by Gasteiger charge is 2.13. The topological polar surface area (TPSA) is 49.9 Å². The van der Waals surface area contributed by atoms with E-state index >= 15 is 0 Å². The second-order valence-corrected chi connectivity index (χ2v) is 5.25. The lowest BCUT2D eigenvalue weighted by Gasteiger charge is -2.19. The first-order valence-electron chi connectivity index (χ1n) is 7.02. The highest BCUT2D eigenvalue weighted by atomic mass is 16.5. The van der Waals surface area contributed by atoms with Gasteiger partial charge in [-0.2, -0.15) is 5.10 Å². The summed E-state index contributed by atoms with van der Waals surface area (Å²) in [5, 5.41) is 11.7. The van der Waals surface area contributed by atoms with Crippen LogP contribution in [0.4, 0.5) is 5.69 Å². The number of fused-ring (bicyclic) bond motifs is 1. The van der Waals surface area contributed by atoms with Gasteiger partial charge in [0, 0.05) is 16.6 Å². The Balaban J connectivity index is 1.93. The molecule has 2 aromatic carbocycles. The molecule has 21 heavy (non-hydrogen) atoms. The molecule has 0 radical (unpaired) electrons. The van der Waals surface area contributed by atoms with Crippen molar-refractivity contribution in [2.24, 2.45) is 0 Å². The van der Waals surface area contributed by atoms with E-state index in [4.69, 9.17) is 4.74 Å². The molecule has 1 unspecified atom stereocenters. The summed E-state index contributed by atoms with van der Waals surface area (Å²) in [4.78, 5) is 0. The number of benzene rings is 2. The standard InChI is InChI=1S/C17H19N3O/c1-11-7-8-13(17(9-11)21-3)12(2)19-15-5-4-6-16-14(15)10-18-20-16/h4-10,12,19H,1-3H3,(H,18,20). The molecule has 0 bridgehead atoms. The summed E-state index contributed by atoms with van der Waals surface area (Å²) in [6.45, 7) is 4.20. The van der Waals surface area contributed by atoms with E-state index in [1.807, 2.05) is 18.3 Å². The van der Waals surface area contributed by atoms with Gasteiger partial charge in [-0.3, -0.25) is 5.10 Å². The van der Waals surface area contributed by atoms with Gasteiger partial charge in [0.15, 0.2) is 0 Å². The van der Waals surface area contributed by atoms with Crippen molar-refractivity contribution in [2.75, 3.05) is 12.4 Å². The van der Waals surface area contributed by atoms with Gasteiger partial charge in [-0.25, -0.2) is 0 Å². The highest BCUT2D eigenvalue weighted by Crippen LogP contribution is 2.30. The van der Waals surface area contributed by atoms with Crippen LogP contribution in [-0.4, -0.2) is 17.3 Å². The van der Waals surface area contributed by atoms with E-state index in [0.29, 0.717) is 0 Å². The fourth-order valence-corrected chi connectivity index (χ4v) is 2.58. The van der Waals surface area contributed by atoms with Crippen LogP contribution < -0.4 is 10.1 Å². The molecule has 0 amide bonds. The zero-order valence-electron chi connectivity index (χ0n) is 12.5. The quantitative estimate of drug-likeness (QED) is 0.758. The maximum atomic E-state index is 5.50. The van der Waals surface area contributed by atoms with Gasteiger partial charge in [-0.15, -0.1) is 0 Å². The number of nitrogens with zero attached hydrogens (tertiary/aromatic N) is 1. The maximum Gasteiger partial charge on any atom is 0.124 e. The second-order valence-electron chi connectivity index (χ2n) is 5.25. The molecule has 1 aromatic heterocycles. The number of hydrogen-bond acceptors (Lipinski definition) is 3. The lowest BCUT2D eigenvalue weighted by Crippen LogP contribution is -2.08. The van der Waals surface area contributed by atoms with Gasteiger partial charge in [-0.1, -0.05) is 18.2 Å². The maximum absolute atomic E-state index is 5.50. The minimum Gasteiger partial charge on any atom is -0.496 e. The van der Waals surface area contributed by atoms with Crippen LogP contribution in [0.5, 0.6) is 5.75 Å².